The van der Waals surface area contributed by atoms with E-state index in [9.17, 15) is 0 Å². The summed E-state index contributed by atoms with van der Waals surface area (Å²) in [6.07, 6.45) is 2.50. The van der Waals surface area contributed by atoms with Crippen LogP contribution in [-0.2, 0) is 13.0 Å². The summed E-state index contributed by atoms with van der Waals surface area (Å²) >= 11 is 0. The van der Waals surface area contributed by atoms with Gasteiger partial charge in [0.2, 0.25) is 0 Å². The zero-order chi connectivity index (χ0) is 13.5. The predicted molar refractivity (Wildman–Crippen MR) is 70.6 cm³/mol. The standard InChI is InChI=1S/C14H12N4O2/c1-2-12-16-14(20-17-12)13-10-7-19-11-6-4-3-5-9(11)18(10)8-15-13/h3-6,8H,2,7H2,1H3. The molecule has 2 aromatic heterocycles. The van der Waals surface area contributed by atoms with Gasteiger partial charge in [0.15, 0.2) is 11.5 Å². The number of hydrogen-bond donors (Lipinski definition) is 0. The molecule has 0 bridgehead atoms. The molecule has 6 nitrogen and oxygen atoms in total. The third-order valence-electron chi connectivity index (χ3n) is 3.34. The van der Waals surface area contributed by atoms with Gasteiger partial charge in [0.1, 0.15) is 18.7 Å². The number of para-hydroxylation sites is 2. The van der Waals surface area contributed by atoms with E-state index in [0.717, 1.165) is 23.6 Å². The van der Waals surface area contributed by atoms with Gasteiger partial charge in [-0.25, -0.2) is 4.98 Å². The first kappa shape index (κ1) is 11.2. The summed E-state index contributed by atoms with van der Waals surface area (Å²) in [5.41, 5.74) is 2.59. The highest BCUT2D eigenvalue weighted by molar-refractivity contribution is 5.57. The van der Waals surface area contributed by atoms with Gasteiger partial charge in [0, 0.05) is 6.42 Å². The molecule has 0 N–H and O–H groups in total. The van der Waals surface area contributed by atoms with Crippen LogP contribution in [0.3, 0.4) is 0 Å². The first-order chi connectivity index (χ1) is 9.86. The number of aryl methyl sites for hydroxylation is 1. The number of rotatable bonds is 2. The van der Waals surface area contributed by atoms with Crippen LogP contribution in [0.25, 0.3) is 17.3 Å². The summed E-state index contributed by atoms with van der Waals surface area (Å²) < 4.78 is 13.0. The van der Waals surface area contributed by atoms with Gasteiger partial charge in [-0.3, -0.25) is 4.57 Å². The zero-order valence-corrected chi connectivity index (χ0v) is 10.9. The number of ether oxygens (including phenoxy) is 1. The molecule has 3 aromatic rings. The Bertz CT molecular complexity index is 775. The Morgan fingerprint density at radius 2 is 2.20 bits per heavy atom. The van der Waals surface area contributed by atoms with E-state index in [0.29, 0.717) is 24.0 Å². The molecule has 0 saturated carbocycles. The molecule has 1 aromatic carbocycles. The van der Waals surface area contributed by atoms with Gasteiger partial charge >= 0.3 is 0 Å². The van der Waals surface area contributed by atoms with Gasteiger partial charge in [-0.1, -0.05) is 24.2 Å². The highest BCUT2D eigenvalue weighted by atomic mass is 16.5. The van der Waals surface area contributed by atoms with Crippen molar-refractivity contribution in [1.29, 1.82) is 0 Å². The predicted octanol–water partition coefficient (Wildman–Crippen LogP) is 2.38. The molecule has 0 amide bonds. The van der Waals surface area contributed by atoms with Crippen molar-refractivity contribution < 1.29 is 9.26 Å². The van der Waals surface area contributed by atoms with Crippen molar-refractivity contribution in [2.24, 2.45) is 0 Å². The summed E-state index contributed by atoms with van der Waals surface area (Å²) in [7, 11) is 0. The second-order valence-corrected chi connectivity index (χ2v) is 4.54. The van der Waals surface area contributed by atoms with Crippen LogP contribution in [0.1, 0.15) is 18.4 Å². The maximum atomic E-state index is 5.75. The van der Waals surface area contributed by atoms with Crippen LogP contribution in [0.2, 0.25) is 0 Å². The normalized spacial score (nSPS) is 12.7. The van der Waals surface area contributed by atoms with E-state index in [1.54, 1.807) is 6.33 Å². The molecule has 100 valence electrons. The molecule has 1 aliphatic rings. The summed E-state index contributed by atoms with van der Waals surface area (Å²) in [5, 5.41) is 3.91. The smallest absolute Gasteiger partial charge is 0.278 e. The number of fused-ring (bicyclic) bond motifs is 3. The number of imidazole rings is 1. The Morgan fingerprint density at radius 1 is 1.30 bits per heavy atom. The summed E-state index contributed by atoms with van der Waals surface area (Å²) in [4.78, 5) is 8.73. The quantitative estimate of drug-likeness (QED) is 0.714. The fraction of sp³-hybridized carbons (Fsp3) is 0.214. The molecular weight excluding hydrogens is 256 g/mol. The second-order valence-electron chi connectivity index (χ2n) is 4.54. The Morgan fingerprint density at radius 3 is 3.05 bits per heavy atom. The van der Waals surface area contributed by atoms with Crippen LogP contribution in [0.15, 0.2) is 35.1 Å². The topological polar surface area (TPSA) is 66.0 Å². The molecular formula is C14H12N4O2. The molecule has 6 heteroatoms. The summed E-state index contributed by atoms with van der Waals surface area (Å²) in [6.45, 7) is 2.42. The maximum absolute atomic E-state index is 5.75. The lowest BCUT2D eigenvalue weighted by atomic mass is 10.2. The van der Waals surface area contributed by atoms with E-state index in [4.69, 9.17) is 9.26 Å². The van der Waals surface area contributed by atoms with Crippen LogP contribution in [0.4, 0.5) is 0 Å². The largest absolute Gasteiger partial charge is 0.485 e. The molecule has 0 radical (unpaired) electrons. The fourth-order valence-corrected chi connectivity index (χ4v) is 2.32. The lowest BCUT2D eigenvalue weighted by Gasteiger charge is -2.19. The van der Waals surface area contributed by atoms with Gasteiger partial charge in [0.05, 0.1) is 11.4 Å². The van der Waals surface area contributed by atoms with Crippen molar-refractivity contribution in [2.45, 2.75) is 20.0 Å². The minimum Gasteiger partial charge on any atom is -0.485 e. The van der Waals surface area contributed by atoms with Crippen LogP contribution in [-0.4, -0.2) is 19.7 Å². The summed E-state index contributed by atoms with van der Waals surface area (Å²) in [6, 6.07) is 7.86. The lowest BCUT2D eigenvalue weighted by molar-refractivity contribution is 0.285. The first-order valence-corrected chi connectivity index (χ1v) is 6.48. The average molecular weight is 268 g/mol. The molecule has 0 aliphatic carbocycles. The molecule has 4 rings (SSSR count). The fourth-order valence-electron chi connectivity index (χ4n) is 2.32. The molecule has 0 atom stereocenters. The van der Waals surface area contributed by atoms with Crippen LogP contribution in [0, 0.1) is 0 Å². The maximum Gasteiger partial charge on any atom is 0.278 e. The minimum atomic E-state index is 0.441. The Labute approximate surface area is 115 Å². The van der Waals surface area contributed by atoms with E-state index < -0.39 is 0 Å². The average Bonchev–Trinajstić information content (AvgIpc) is 3.13. The molecule has 0 unspecified atom stereocenters. The third-order valence-corrected chi connectivity index (χ3v) is 3.34. The van der Waals surface area contributed by atoms with E-state index >= 15 is 0 Å². The van der Waals surface area contributed by atoms with Crippen molar-refractivity contribution in [3.05, 3.63) is 42.1 Å². The van der Waals surface area contributed by atoms with Crippen molar-refractivity contribution in [2.75, 3.05) is 0 Å². The first-order valence-electron chi connectivity index (χ1n) is 6.48. The van der Waals surface area contributed by atoms with E-state index in [1.807, 2.05) is 35.8 Å². The molecule has 1 aliphatic heterocycles. The van der Waals surface area contributed by atoms with E-state index in [-0.39, 0.29) is 0 Å². The van der Waals surface area contributed by atoms with Gasteiger partial charge in [0.25, 0.3) is 5.89 Å². The van der Waals surface area contributed by atoms with Crippen molar-refractivity contribution in [3.8, 4) is 23.0 Å². The molecule has 0 saturated heterocycles. The second kappa shape index (κ2) is 4.19. The highest BCUT2D eigenvalue weighted by Crippen LogP contribution is 2.33. The number of nitrogens with zero attached hydrogens (tertiary/aromatic N) is 4. The van der Waals surface area contributed by atoms with Gasteiger partial charge < -0.3 is 9.26 Å². The van der Waals surface area contributed by atoms with Crippen molar-refractivity contribution in [3.63, 3.8) is 0 Å². The van der Waals surface area contributed by atoms with Crippen molar-refractivity contribution >= 4 is 0 Å². The zero-order valence-electron chi connectivity index (χ0n) is 10.9. The molecule has 0 spiro atoms. The number of benzene rings is 1. The van der Waals surface area contributed by atoms with E-state index in [1.165, 1.54) is 0 Å². The lowest BCUT2D eigenvalue weighted by Crippen LogP contribution is -2.12. The van der Waals surface area contributed by atoms with Gasteiger partial charge in [-0.15, -0.1) is 0 Å². The highest BCUT2D eigenvalue weighted by Gasteiger charge is 2.24. The van der Waals surface area contributed by atoms with Gasteiger partial charge in [-0.2, -0.15) is 4.98 Å². The van der Waals surface area contributed by atoms with Gasteiger partial charge in [-0.05, 0) is 12.1 Å². The molecule has 3 heterocycles. The monoisotopic (exact) mass is 268 g/mol. The molecule has 20 heavy (non-hydrogen) atoms. The molecule has 0 fully saturated rings. The third kappa shape index (κ3) is 1.54. The Kier molecular flexibility index (Phi) is 2.35. The Hall–Kier alpha value is -2.63. The summed E-state index contributed by atoms with van der Waals surface area (Å²) in [5.74, 6) is 1.97. The number of hydrogen-bond acceptors (Lipinski definition) is 5. The van der Waals surface area contributed by atoms with Crippen LogP contribution < -0.4 is 4.74 Å². The van der Waals surface area contributed by atoms with Crippen LogP contribution in [0.5, 0.6) is 5.75 Å². The Balaban J connectivity index is 1.85. The number of aromatic nitrogens is 4. The van der Waals surface area contributed by atoms with Crippen molar-refractivity contribution in [1.82, 2.24) is 19.7 Å². The SMILES string of the molecule is CCc1noc(-c2ncn3c2COc2ccccc2-3)n1. The minimum absolute atomic E-state index is 0.441. The van der Waals surface area contributed by atoms with E-state index in [2.05, 4.69) is 15.1 Å². The van der Waals surface area contributed by atoms with Crippen LogP contribution >= 0.6 is 0 Å².